The first-order valence-corrected chi connectivity index (χ1v) is 6.03. The van der Waals surface area contributed by atoms with Crippen LogP contribution in [0.15, 0.2) is 30.3 Å². The third-order valence-corrected chi connectivity index (χ3v) is 3.01. The number of nitrogens with two attached hydrogens (primary N) is 1. The van der Waals surface area contributed by atoms with Crippen LogP contribution in [0.4, 0.5) is 0 Å². The van der Waals surface area contributed by atoms with Gasteiger partial charge in [-0.05, 0) is 18.6 Å². The maximum absolute atomic E-state index is 11.8. The molecule has 1 aromatic carbocycles. The van der Waals surface area contributed by atoms with Crippen LogP contribution in [0.5, 0.6) is 0 Å². The van der Waals surface area contributed by atoms with E-state index in [0.717, 1.165) is 6.42 Å². The smallest absolute Gasteiger partial charge is 0.251 e. The van der Waals surface area contributed by atoms with Gasteiger partial charge in [0.25, 0.3) is 5.91 Å². The van der Waals surface area contributed by atoms with E-state index in [2.05, 4.69) is 5.32 Å². The van der Waals surface area contributed by atoms with Crippen molar-refractivity contribution in [3.63, 3.8) is 0 Å². The van der Waals surface area contributed by atoms with E-state index in [9.17, 15) is 9.59 Å². The third-order valence-electron chi connectivity index (χ3n) is 3.01. The van der Waals surface area contributed by atoms with Crippen molar-refractivity contribution in [1.29, 1.82) is 0 Å². The standard InChI is InChI=1S/C13H17N3O2.ClH/c14-11-6-7-16(9-11)12(17)8-15-13(18)10-4-2-1-3-5-10;/h1-5,11H,6-9,14H2,(H,15,18);1H/t11-;/m0./s1. The van der Waals surface area contributed by atoms with Crippen molar-refractivity contribution >= 4 is 24.2 Å². The molecule has 2 rings (SSSR count). The summed E-state index contributed by atoms with van der Waals surface area (Å²) in [7, 11) is 0. The molecule has 0 radical (unpaired) electrons. The molecular weight excluding hydrogens is 266 g/mol. The van der Waals surface area contributed by atoms with Crippen LogP contribution in [0.3, 0.4) is 0 Å². The summed E-state index contributed by atoms with van der Waals surface area (Å²) in [6.07, 6.45) is 0.832. The fourth-order valence-electron chi connectivity index (χ4n) is 1.97. The zero-order valence-corrected chi connectivity index (χ0v) is 11.4. The molecule has 1 saturated heterocycles. The van der Waals surface area contributed by atoms with Crippen molar-refractivity contribution in [2.75, 3.05) is 19.6 Å². The number of carbonyl (C=O) groups is 2. The molecule has 2 amide bonds. The summed E-state index contributed by atoms with van der Waals surface area (Å²) in [5, 5.41) is 2.62. The SMILES string of the molecule is Cl.N[C@H]1CCN(C(=O)CNC(=O)c2ccccc2)C1. The van der Waals surface area contributed by atoms with Crippen LogP contribution in [0.25, 0.3) is 0 Å². The van der Waals surface area contributed by atoms with Gasteiger partial charge in [-0.1, -0.05) is 18.2 Å². The Morgan fingerprint density at radius 3 is 2.58 bits per heavy atom. The Balaban J connectivity index is 0.00000180. The number of likely N-dealkylation sites (tertiary alicyclic amines) is 1. The van der Waals surface area contributed by atoms with Crippen molar-refractivity contribution in [3.05, 3.63) is 35.9 Å². The Labute approximate surface area is 118 Å². The number of carbonyl (C=O) groups excluding carboxylic acids is 2. The zero-order valence-electron chi connectivity index (χ0n) is 10.5. The van der Waals surface area contributed by atoms with Gasteiger partial charge in [-0.15, -0.1) is 12.4 Å². The molecule has 0 unspecified atom stereocenters. The molecular formula is C13H18ClN3O2. The van der Waals surface area contributed by atoms with E-state index in [0.29, 0.717) is 18.7 Å². The molecule has 1 aromatic rings. The highest BCUT2D eigenvalue weighted by Crippen LogP contribution is 2.06. The van der Waals surface area contributed by atoms with Gasteiger partial charge in [0, 0.05) is 24.7 Å². The summed E-state index contributed by atoms with van der Waals surface area (Å²) < 4.78 is 0. The Kier molecular flexibility index (Phi) is 5.79. The molecule has 5 nitrogen and oxygen atoms in total. The fourth-order valence-corrected chi connectivity index (χ4v) is 1.97. The van der Waals surface area contributed by atoms with Crippen molar-refractivity contribution in [2.24, 2.45) is 5.73 Å². The number of hydrogen-bond donors (Lipinski definition) is 2. The lowest BCUT2D eigenvalue weighted by Gasteiger charge is -2.15. The van der Waals surface area contributed by atoms with E-state index in [1.54, 1.807) is 29.2 Å². The van der Waals surface area contributed by atoms with Crippen LogP contribution in [-0.4, -0.2) is 42.4 Å². The first-order valence-electron chi connectivity index (χ1n) is 6.03. The summed E-state index contributed by atoms with van der Waals surface area (Å²) in [5.74, 6) is -0.306. The number of amides is 2. The van der Waals surface area contributed by atoms with Crippen molar-refractivity contribution in [1.82, 2.24) is 10.2 Å². The second kappa shape index (κ2) is 7.11. The molecule has 0 aliphatic carbocycles. The first kappa shape index (κ1) is 15.5. The molecule has 0 saturated carbocycles. The first-order chi connectivity index (χ1) is 8.66. The number of rotatable bonds is 3. The monoisotopic (exact) mass is 283 g/mol. The highest BCUT2D eigenvalue weighted by atomic mass is 35.5. The Bertz CT molecular complexity index is 439. The molecule has 1 atom stereocenters. The van der Waals surface area contributed by atoms with Crippen LogP contribution in [0, 0.1) is 0 Å². The molecule has 6 heteroatoms. The van der Waals surface area contributed by atoms with E-state index in [1.165, 1.54) is 0 Å². The second-order valence-electron chi connectivity index (χ2n) is 4.44. The molecule has 0 spiro atoms. The lowest BCUT2D eigenvalue weighted by Crippen LogP contribution is -2.40. The van der Waals surface area contributed by atoms with Gasteiger partial charge >= 0.3 is 0 Å². The molecule has 0 aromatic heterocycles. The average molecular weight is 284 g/mol. The lowest BCUT2D eigenvalue weighted by molar-refractivity contribution is -0.129. The average Bonchev–Trinajstić information content (AvgIpc) is 2.83. The minimum absolute atomic E-state index is 0. The molecule has 1 fully saturated rings. The van der Waals surface area contributed by atoms with Gasteiger partial charge in [0.15, 0.2) is 0 Å². The Morgan fingerprint density at radius 1 is 1.32 bits per heavy atom. The maximum Gasteiger partial charge on any atom is 0.251 e. The van der Waals surface area contributed by atoms with Gasteiger partial charge in [0.05, 0.1) is 6.54 Å². The van der Waals surface area contributed by atoms with E-state index in [4.69, 9.17) is 5.73 Å². The van der Waals surface area contributed by atoms with Gasteiger partial charge in [-0.2, -0.15) is 0 Å². The van der Waals surface area contributed by atoms with Crippen LogP contribution >= 0.6 is 12.4 Å². The molecule has 1 aliphatic rings. The normalized spacial score (nSPS) is 17.7. The van der Waals surface area contributed by atoms with Gasteiger partial charge in [-0.3, -0.25) is 9.59 Å². The number of nitrogens with zero attached hydrogens (tertiary/aromatic N) is 1. The van der Waals surface area contributed by atoms with Crippen molar-refractivity contribution in [2.45, 2.75) is 12.5 Å². The molecule has 1 heterocycles. The van der Waals surface area contributed by atoms with Crippen molar-refractivity contribution in [3.8, 4) is 0 Å². The number of nitrogens with one attached hydrogen (secondary N) is 1. The summed E-state index contributed by atoms with van der Waals surface area (Å²) in [6, 6.07) is 8.91. The zero-order chi connectivity index (χ0) is 13.0. The summed E-state index contributed by atoms with van der Waals surface area (Å²) >= 11 is 0. The minimum atomic E-state index is -0.229. The van der Waals surface area contributed by atoms with E-state index in [-0.39, 0.29) is 36.8 Å². The molecule has 1 aliphatic heterocycles. The topological polar surface area (TPSA) is 75.4 Å². The predicted octanol–water partition coefficient (Wildman–Crippen LogP) is 0.398. The predicted molar refractivity (Wildman–Crippen MR) is 75.2 cm³/mol. The van der Waals surface area contributed by atoms with Gasteiger partial charge < -0.3 is 16.0 Å². The van der Waals surface area contributed by atoms with E-state index < -0.39 is 0 Å². The van der Waals surface area contributed by atoms with Crippen LogP contribution in [-0.2, 0) is 4.79 Å². The van der Waals surface area contributed by atoms with Gasteiger partial charge in [0.1, 0.15) is 0 Å². The van der Waals surface area contributed by atoms with Crippen LogP contribution < -0.4 is 11.1 Å². The molecule has 19 heavy (non-hydrogen) atoms. The highest BCUT2D eigenvalue weighted by molar-refractivity contribution is 5.96. The minimum Gasteiger partial charge on any atom is -0.343 e. The lowest BCUT2D eigenvalue weighted by atomic mass is 10.2. The maximum atomic E-state index is 11.8. The van der Waals surface area contributed by atoms with E-state index >= 15 is 0 Å². The summed E-state index contributed by atoms with van der Waals surface area (Å²) in [4.78, 5) is 25.2. The van der Waals surface area contributed by atoms with E-state index in [1.807, 2.05) is 6.07 Å². The fraction of sp³-hybridized carbons (Fsp3) is 0.385. The quantitative estimate of drug-likeness (QED) is 0.843. The third kappa shape index (κ3) is 4.22. The number of hydrogen-bond acceptors (Lipinski definition) is 3. The molecule has 0 bridgehead atoms. The van der Waals surface area contributed by atoms with Gasteiger partial charge in [-0.25, -0.2) is 0 Å². The Hall–Kier alpha value is -1.59. The van der Waals surface area contributed by atoms with Gasteiger partial charge in [0.2, 0.25) is 5.91 Å². The molecule has 3 N–H and O–H groups in total. The van der Waals surface area contributed by atoms with Crippen LogP contribution in [0.1, 0.15) is 16.8 Å². The second-order valence-corrected chi connectivity index (χ2v) is 4.44. The molecule has 104 valence electrons. The Morgan fingerprint density at radius 2 is 2.00 bits per heavy atom. The summed E-state index contributed by atoms with van der Waals surface area (Å²) in [6.45, 7) is 1.29. The summed E-state index contributed by atoms with van der Waals surface area (Å²) in [5.41, 5.74) is 6.29. The highest BCUT2D eigenvalue weighted by Gasteiger charge is 2.23. The number of benzene rings is 1. The van der Waals surface area contributed by atoms with Crippen molar-refractivity contribution < 1.29 is 9.59 Å². The number of halogens is 1. The largest absolute Gasteiger partial charge is 0.343 e. The van der Waals surface area contributed by atoms with Crippen LogP contribution in [0.2, 0.25) is 0 Å².